The Morgan fingerprint density at radius 1 is 1.19 bits per heavy atom. The maximum Gasteiger partial charge on any atom is 0.259 e. The molecule has 3 aliphatic carbocycles. The molecule has 2 amide bonds. The Hall–Kier alpha value is -1.32. The summed E-state index contributed by atoms with van der Waals surface area (Å²) in [4.78, 5) is 26.3. The first-order chi connectivity index (χ1) is 12.2. The third kappa shape index (κ3) is 2.20. The van der Waals surface area contributed by atoms with Crippen LogP contribution < -0.4 is 5.73 Å². The molecule has 3 saturated carbocycles. The molecule has 4 nitrogen and oxygen atoms in total. The van der Waals surface area contributed by atoms with Crippen LogP contribution >= 0.6 is 0 Å². The number of rotatable bonds is 2. The van der Waals surface area contributed by atoms with Crippen LogP contribution in [0.2, 0.25) is 0 Å². The first-order valence-corrected chi connectivity index (χ1v) is 10.5. The molecule has 0 aromatic carbocycles. The third-order valence-corrected chi connectivity index (χ3v) is 9.16. The van der Waals surface area contributed by atoms with Crippen LogP contribution in [0, 0.1) is 34.5 Å². The molecule has 4 rings (SSSR count). The minimum atomic E-state index is -0.573. The summed E-state index contributed by atoms with van der Waals surface area (Å²) in [6.07, 6.45) is 10.8. The quantitative estimate of drug-likeness (QED) is 0.768. The smallest absolute Gasteiger partial charge is 0.259 e. The Morgan fingerprint density at radius 2 is 1.92 bits per heavy atom. The zero-order valence-corrected chi connectivity index (χ0v) is 16.8. The van der Waals surface area contributed by atoms with E-state index < -0.39 is 5.91 Å². The second-order valence-electron chi connectivity index (χ2n) is 9.90. The van der Waals surface area contributed by atoms with Gasteiger partial charge < -0.3 is 10.6 Å². The van der Waals surface area contributed by atoms with Crippen molar-refractivity contribution in [1.29, 1.82) is 0 Å². The summed E-state index contributed by atoms with van der Waals surface area (Å²) in [5, 5.41) is 0. The standard InChI is InChI=1S/C22H34N2O2/c1-5-13-6-8-16-14-7-9-18-22(3,17(14)10-11-21(13,16)2)12-15(19(23)25)20(26)24(18)4/h12-14,16-18H,5-11H2,1-4H3,(H2,23,25)/t13?,14-,16-,17+,18?,21+,22+/m0/s1. The van der Waals surface area contributed by atoms with Gasteiger partial charge in [0, 0.05) is 18.5 Å². The van der Waals surface area contributed by atoms with Gasteiger partial charge in [-0.15, -0.1) is 0 Å². The van der Waals surface area contributed by atoms with Crippen molar-refractivity contribution in [3.05, 3.63) is 11.6 Å². The average Bonchev–Trinajstić information content (AvgIpc) is 2.94. The topological polar surface area (TPSA) is 63.4 Å². The molecule has 4 aliphatic rings. The van der Waals surface area contributed by atoms with E-state index in [2.05, 4.69) is 20.8 Å². The van der Waals surface area contributed by atoms with Gasteiger partial charge in [-0.2, -0.15) is 0 Å². The molecule has 0 bridgehead atoms. The van der Waals surface area contributed by atoms with Gasteiger partial charge in [0.25, 0.3) is 11.8 Å². The van der Waals surface area contributed by atoms with E-state index in [4.69, 9.17) is 5.73 Å². The van der Waals surface area contributed by atoms with Gasteiger partial charge in [0.15, 0.2) is 0 Å². The molecule has 1 heterocycles. The predicted molar refractivity (Wildman–Crippen MR) is 102 cm³/mol. The second-order valence-corrected chi connectivity index (χ2v) is 9.90. The van der Waals surface area contributed by atoms with Gasteiger partial charge in [0.1, 0.15) is 5.57 Å². The fourth-order valence-electron chi connectivity index (χ4n) is 7.85. The molecular weight excluding hydrogens is 324 g/mol. The first kappa shape index (κ1) is 18.1. The summed E-state index contributed by atoms with van der Waals surface area (Å²) < 4.78 is 0. The molecular formula is C22H34N2O2. The molecule has 0 radical (unpaired) electrons. The minimum absolute atomic E-state index is 0.123. The molecule has 144 valence electrons. The summed E-state index contributed by atoms with van der Waals surface area (Å²) in [5.41, 5.74) is 6.13. The summed E-state index contributed by atoms with van der Waals surface area (Å²) in [7, 11) is 1.86. The van der Waals surface area contributed by atoms with Gasteiger partial charge in [-0.25, -0.2) is 0 Å². The molecule has 26 heavy (non-hydrogen) atoms. The van der Waals surface area contributed by atoms with E-state index in [1.165, 1.54) is 38.5 Å². The van der Waals surface area contributed by atoms with Gasteiger partial charge in [-0.3, -0.25) is 9.59 Å². The number of nitrogens with two attached hydrogens (primary N) is 1. The van der Waals surface area contributed by atoms with Crippen molar-refractivity contribution in [2.24, 2.45) is 40.2 Å². The maximum atomic E-state index is 12.6. The summed E-state index contributed by atoms with van der Waals surface area (Å²) in [5.74, 6) is 2.18. The number of nitrogens with zero attached hydrogens (tertiary/aromatic N) is 1. The second kappa shape index (κ2) is 5.84. The Labute approximate surface area is 157 Å². The highest BCUT2D eigenvalue weighted by Gasteiger charge is 2.60. The SMILES string of the molecule is CCC1CC[C@H]2[C@@H]3CCC4N(C)C(=O)C(C(N)=O)=C[C@]4(C)[C@@H]3CC[C@]12C. The highest BCUT2D eigenvalue weighted by molar-refractivity contribution is 6.18. The molecule has 7 atom stereocenters. The van der Waals surface area contributed by atoms with Crippen LogP contribution in [0.15, 0.2) is 11.6 Å². The van der Waals surface area contributed by atoms with Crippen LogP contribution in [0.25, 0.3) is 0 Å². The Kier molecular flexibility index (Phi) is 4.06. The fraction of sp³-hybridized carbons (Fsp3) is 0.818. The molecule has 3 fully saturated rings. The van der Waals surface area contributed by atoms with E-state index in [0.717, 1.165) is 24.2 Å². The normalized spacial score (nSPS) is 47.7. The van der Waals surface area contributed by atoms with E-state index in [0.29, 0.717) is 11.3 Å². The van der Waals surface area contributed by atoms with Crippen LogP contribution in [-0.2, 0) is 9.59 Å². The van der Waals surface area contributed by atoms with Crippen LogP contribution in [0.5, 0.6) is 0 Å². The number of hydrogen-bond acceptors (Lipinski definition) is 2. The molecule has 0 saturated heterocycles. The Bertz CT molecular complexity index is 671. The van der Waals surface area contributed by atoms with Crippen molar-refractivity contribution >= 4 is 11.8 Å². The highest BCUT2D eigenvalue weighted by Crippen LogP contribution is 2.66. The number of primary amides is 1. The molecule has 1 aliphatic heterocycles. The van der Waals surface area contributed by atoms with E-state index in [1.54, 1.807) is 0 Å². The number of hydrogen-bond donors (Lipinski definition) is 1. The van der Waals surface area contributed by atoms with Gasteiger partial charge >= 0.3 is 0 Å². The molecule has 2 N–H and O–H groups in total. The van der Waals surface area contributed by atoms with Gasteiger partial charge in [-0.1, -0.05) is 33.3 Å². The lowest BCUT2D eigenvalue weighted by Crippen LogP contribution is -2.61. The highest BCUT2D eigenvalue weighted by atomic mass is 16.2. The van der Waals surface area contributed by atoms with Crippen molar-refractivity contribution in [3.8, 4) is 0 Å². The van der Waals surface area contributed by atoms with E-state index in [1.807, 2.05) is 18.0 Å². The average molecular weight is 359 g/mol. The van der Waals surface area contributed by atoms with Crippen molar-refractivity contribution < 1.29 is 9.59 Å². The van der Waals surface area contributed by atoms with Gasteiger partial charge in [0.2, 0.25) is 0 Å². The number of amides is 2. The van der Waals surface area contributed by atoms with Crippen molar-refractivity contribution in [2.75, 3.05) is 7.05 Å². The minimum Gasteiger partial charge on any atom is -0.365 e. The molecule has 2 unspecified atom stereocenters. The number of carbonyl (C=O) groups excluding carboxylic acids is 2. The van der Waals surface area contributed by atoms with Crippen molar-refractivity contribution in [3.63, 3.8) is 0 Å². The van der Waals surface area contributed by atoms with Crippen LogP contribution in [-0.4, -0.2) is 29.8 Å². The summed E-state index contributed by atoms with van der Waals surface area (Å²) >= 11 is 0. The summed E-state index contributed by atoms with van der Waals surface area (Å²) in [6.45, 7) is 7.19. The van der Waals surface area contributed by atoms with E-state index in [9.17, 15) is 9.59 Å². The molecule has 0 aromatic rings. The van der Waals surface area contributed by atoms with Crippen molar-refractivity contribution in [1.82, 2.24) is 4.90 Å². The van der Waals surface area contributed by atoms with Crippen LogP contribution in [0.4, 0.5) is 0 Å². The third-order valence-electron chi connectivity index (χ3n) is 9.16. The zero-order valence-electron chi connectivity index (χ0n) is 16.8. The van der Waals surface area contributed by atoms with E-state index in [-0.39, 0.29) is 22.9 Å². The van der Waals surface area contributed by atoms with Crippen LogP contribution in [0.1, 0.15) is 65.7 Å². The number of carbonyl (C=O) groups is 2. The predicted octanol–water partition coefficient (Wildman–Crippen LogP) is 3.51. The molecule has 0 aromatic heterocycles. The maximum absolute atomic E-state index is 12.6. The number of likely N-dealkylation sites (N-methyl/N-ethyl adjacent to an activating group) is 1. The molecule has 4 heteroatoms. The van der Waals surface area contributed by atoms with Crippen molar-refractivity contribution in [2.45, 2.75) is 71.8 Å². The fourth-order valence-corrected chi connectivity index (χ4v) is 7.85. The van der Waals surface area contributed by atoms with Gasteiger partial charge in [-0.05, 0) is 67.6 Å². The monoisotopic (exact) mass is 358 g/mol. The lowest BCUT2D eigenvalue weighted by molar-refractivity contribution is -0.142. The largest absolute Gasteiger partial charge is 0.365 e. The Balaban J connectivity index is 1.73. The van der Waals surface area contributed by atoms with E-state index >= 15 is 0 Å². The summed E-state index contributed by atoms with van der Waals surface area (Å²) in [6, 6.07) is 0.201. The first-order valence-electron chi connectivity index (χ1n) is 10.5. The lowest BCUT2D eigenvalue weighted by atomic mass is 9.47. The number of fused-ring (bicyclic) bond motifs is 5. The zero-order chi connectivity index (χ0) is 18.9. The Morgan fingerprint density at radius 3 is 2.58 bits per heavy atom. The molecule has 0 spiro atoms. The van der Waals surface area contributed by atoms with Crippen LogP contribution in [0.3, 0.4) is 0 Å². The van der Waals surface area contributed by atoms with Gasteiger partial charge in [0.05, 0.1) is 0 Å². The lowest BCUT2D eigenvalue weighted by Gasteiger charge is -2.60.